The van der Waals surface area contributed by atoms with Crippen LogP contribution in [0.3, 0.4) is 0 Å². The Bertz CT molecular complexity index is 399. The maximum absolute atomic E-state index is 10.9. The zero-order valence-corrected chi connectivity index (χ0v) is 11.8. The van der Waals surface area contributed by atoms with E-state index in [9.17, 15) is 4.79 Å². The van der Waals surface area contributed by atoms with Gasteiger partial charge in [-0.3, -0.25) is 0 Å². The lowest BCUT2D eigenvalue weighted by atomic mass is 10.1. The van der Waals surface area contributed by atoms with Crippen molar-refractivity contribution in [3.63, 3.8) is 0 Å². The minimum atomic E-state index is -1.25. The molecule has 0 aliphatic carbocycles. The zero-order valence-electron chi connectivity index (χ0n) is 9.60. The number of benzene rings is 1. The van der Waals surface area contributed by atoms with Gasteiger partial charge in [0.15, 0.2) is 6.79 Å². The Balaban J connectivity index is 3.04. The van der Waals surface area contributed by atoms with Gasteiger partial charge in [0.25, 0.3) is 0 Å². The minimum absolute atomic E-state index is 0.00520. The molecule has 0 saturated carbocycles. The Kier molecular flexibility index (Phi) is 5.16. The Morgan fingerprint density at radius 1 is 1.47 bits per heavy atom. The van der Waals surface area contributed by atoms with Crippen LogP contribution in [0, 0.1) is 3.57 Å². The molecular formula is C11H14INO4. The molecule has 1 rings (SSSR count). The third-order valence-corrected chi connectivity index (χ3v) is 3.05. The van der Waals surface area contributed by atoms with Crippen LogP contribution >= 0.6 is 22.6 Å². The van der Waals surface area contributed by atoms with Crippen molar-refractivity contribution < 1.29 is 19.0 Å². The molecule has 17 heavy (non-hydrogen) atoms. The van der Waals surface area contributed by atoms with E-state index < -0.39 is 11.9 Å². The number of primary amides is 1. The van der Waals surface area contributed by atoms with Crippen molar-refractivity contribution in [3.8, 4) is 0 Å². The van der Waals surface area contributed by atoms with E-state index in [4.69, 9.17) is 19.9 Å². The van der Waals surface area contributed by atoms with Crippen molar-refractivity contribution in [2.45, 2.75) is 12.7 Å². The second-order valence-electron chi connectivity index (χ2n) is 3.40. The highest BCUT2D eigenvalue weighted by molar-refractivity contribution is 14.1. The van der Waals surface area contributed by atoms with Crippen LogP contribution in [0.1, 0.15) is 12.5 Å². The third-order valence-electron chi connectivity index (χ3n) is 2.11. The van der Waals surface area contributed by atoms with E-state index >= 15 is 0 Å². The van der Waals surface area contributed by atoms with Gasteiger partial charge in [-0.05, 0) is 28.7 Å². The third kappa shape index (κ3) is 3.83. The number of halogens is 1. The average molecular weight is 351 g/mol. The van der Waals surface area contributed by atoms with Gasteiger partial charge in [0, 0.05) is 23.2 Å². The van der Waals surface area contributed by atoms with E-state index in [1.807, 2.05) is 18.2 Å². The van der Waals surface area contributed by atoms with Crippen LogP contribution in [0.25, 0.3) is 0 Å². The first-order chi connectivity index (χ1) is 7.99. The van der Waals surface area contributed by atoms with Gasteiger partial charge < -0.3 is 19.9 Å². The van der Waals surface area contributed by atoms with Crippen LogP contribution < -0.4 is 5.73 Å². The van der Waals surface area contributed by atoms with E-state index in [2.05, 4.69) is 22.6 Å². The molecule has 6 heteroatoms. The van der Waals surface area contributed by atoms with E-state index in [-0.39, 0.29) is 6.79 Å². The summed E-state index contributed by atoms with van der Waals surface area (Å²) >= 11 is 2.13. The van der Waals surface area contributed by atoms with Gasteiger partial charge in [0.2, 0.25) is 5.79 Å². The number of nitrogens with two attached hydrogens (primary N) is 1. The lowest BCUT2D eigenvalue weighted by Crippen LogP contribution is -2.36. The van der Waals surface area contributed by atoms with Crippen LogP contribution in [-0.4, -0.2) is 20.0 Å². The fourth-order valence-corrected chi connectivity index (χ4v) is 2.23. The highest BCUT2D eigenvalue weighted by Crippen LogP contribution is 2.30. The zero-order chi connectivity index (χ0) is 12.9. The molecule has 0 saturated heterocycles. The molecule has 0 bridgehead atoms. The molecule has 5 nitrogen and oxygen atoms in total. The van der Waals surface area contributed by atoms with Gasteiger partial charge >= 0.3 is 6.09 Å². The molecule has 1 atom stereocenters. The summed E-state index contributed by atoms with van der Waals surface area (Å²) in [6.45, 7) is 1.61. The minimum Gasteiger partial charge on any atom is -0.413 e. The maximum atomic E-state index is 10.9. The van der Waals surface area contributed by atoms with Gasteiger partial charge in [-0.25, -0.2) is 4.79 Å². The summed E-state index contributed by atoms with van der Waals surface area (Å²) in [6.07, 6.45) is -0.900. The molecule has 0 aliphatic rings. The second kappa shape index (κ2) is 6.18. The first kappa shape index (κ1) is 14.2. The number of amides is 1. The normalized spacial score (nSPS) is 14.1. The number of methoxy groups -OCH3 is 1. The van der Waals surface area contributed by atoms with Crippen molar-refractivity contribution in [1.82, 2.24) is 0 Å². The van der Waals surface area contributed by atoms with Gasteiger partial charge in [-0.1, -0.05) is 18.2 Å². The first-order valence-corrected chi connectivity index (χ1v) is 5.94. The molecule has 0 aromatic heterocycles. The number of hydrogen-bond acceptors (Lipinski definition) is 4. The highest BCUT2D eigenvalue weighted by Gasteiger charge is 2.33. The van der Waals surface area contributed by atoms with Crippen molar-refractivity contribution in [3.05, 3.63) is 33.4 Å². The Hall–Kier alpha value is -0.860. The summed E-state index contributed by atoms with van der Waals surface area (Å²) in [4.78, 5) is 10.9. The summed E-state index contributed by atoms with van der Waals surface area (Å²) < 4.78 is 16.2. The average Bonchev–Trinajstić information content (AvgIpc) is 2.26. The van der Waals surface area contributed by atoms with Gasteiger partial charge in [-0.15, -0.1) is 0 Å². The summed E-state index contributed by atoms with van der Waals surface area (Å²) in [5.41, 5.74) is 5.77. The van der Waals surface area contributed by atoms with E-state index in [0.717, 1.165) is 9.13 Å². The second-order valence-corrected chi connectivity index (χ2v) is 4.56. The highest BCUT2D eigenvalue weighted by atomic mass is 127. The summed E-state index contributed by atoms with van der Waals surface area (Å²) in [6, 6.07) is 7.40. The molecule has 1 aromatic rings. The van der Waals surface area contributed by atoms with Crippen molar-refractivity contribution >= 4 is 28.7 Å². The van der Waals surface area contributed by atoms with Gasteiger partial charge in [0.1, 0.15) is 0 Å². The summed E-state index contributed by atoms with van der Waals surface area (Å²) in [5, 5.41) is 0. The van der Waals surface area contributed by atoms with Crippen molar-refractivity contribution in [2.75, 3.05) is 13.9 Å². The molecule has 0 radical (unpaired) electrons. The number of carbonyl (C=O) groups is 1. The van der Waals surface area contributed by atoms with Crippen molar-refractivity contribution in [1.29, 1.82) is 0 Å². The van der Waals surface area contributed by atoms with Gasteiger partial charge in [-0.2, -0.15) is 0 Å². The van der Waals surface area contributed by atoms with Gasteiger partial charge in [0.05, 0.1) is 0 Å². The Labute approximate surface area is 113 Å². The molecule has 0 heterocycles. The monoisotopic (exact) mass is 351 g/mol. The van der Waals surface area contributed by atoms with Crippen LogP contribution in [0.15, 0.2) is 24.3 Å². The number of carbonyl (C=O) groups excluding carboxylic acids is 1. The Morgan fingerprint density at radius 2 is 2.12 bits per heavy atom. The predicted molar refractivity (Wildman–Crippen MR) is 70.1 cm³/mol. The summed E-state index contributed by atoms with van der Waals surface area (Å²) in [7, 11) is 1.49. The molecule has 94 valence electrons. The number of ether oxygens (including phenoxy) is 3. The summed E-state index contributed by atoms with van der Waals surface area (Å²) in [5.74, 6) is -1.25. The van der Waals surface area contributed by atoms with Crippen LogP contribution in [0.2, 0.25) is 0 Å². The number of rotatable bonds is 5. The van der Waals surface area contributed by atoms with E-state index in [1.54, 1.807) is 13.0 Å². The van der Waals surface area contributed by atoms with Crippen molar-refractivity contribution in [2.24, 2.45) is 5.73 Å². The smallest absolute Gasteiger partial charge is 0.407 e. The fraction of sp³-hybridized carbons (Fsp3) is 0.364. The SMILES string of the molecule is COCO[C@](C)(OC(N)=O)c1ccccc1I. The molecule has 2 N–H and O–H groups in total. The van der Waals surface area contributed by atoms with Crippen LogP contribution in [-0.2, 0) is 20.0 Å². The lowest BCUT2D eigenvalue weighted by molar-refractivity contribution is -0.237. The molecule has 1 aromatic carbocycles. The van der Waals surface area contributed by atoms with E-state index in [0.29, 0.717) is 0 Å². The Morgan fingerprint density at radius 3 is 2.65 bits per heavy atom. The number of hydrogen-bond donors (Lipinski definition) is 1. The maximum Gasteiger partial charge on any atom is 0.407 e. The molecule has 0 aliphatic heterocycles. The molecular weight excluding hydrogens is 337 g/mol. The topological polar surface area (TPSA) is 70.8 Å². The molecule has 0 unspecified atom stereocenters. The predicted octanol–water partition coefficient (Wildman–Crippen LogP) is 2.18. The van der Waals surface area contributed by atoms with E-state index in [1.165, 1.54) is 7.11 Å². The first-order valence-electron chi connectivity index (χ1n) is 4.86. The fourth-order valence-electron chi connectivity index (χ4n) is 1.36. The largest absolute Gasteiger partial charge is 0.413 e. The van der Waals surface area contributed by atoms with Crippen LogP contribution in [0.4, 0.5) is 4.79 Å². The molecule has 1 amide bonds. The lowest BCUT2D eigenvalue weighted by Gasteiger charge is -2.29. The van der Waals surface area contributed by atoms with Crippen LogP contribution in [0.5, 0.6) is 0 Å². The molecule has 0 fully saturated rings. The standard InChI is InChI=1S/C11H14INO4/c1-11(16-7-15-2,17-10(13)14)8-5-3-4-6-9(8)12/h3-6H,7H2,1-2H3,(H2,13,14)/t11-/m1/s1. The molecule has 0 spiro atoms. The quantitative estimate of drug-likeness (QED) is 0.652.